The van der Waals surface area contributed by atoms with Crippen LogP contribution in [0.1, 0.15) is 11.5 Å². The molecule has 1 saturated heterocycles. The Morgan fingerprint density at radius 1 is 1.15 bits per heavy atom. The number of nitrogens with one attached hydrogen (secondary N) is 1. The Morgan fingerprint density at radius 3 is 2.38 bits per heavy atom. The lowest BCUT2D eigenvalue weighted by atomic mass is 9.95. The van der Waals surface area contributed by atoms with E-state index in [1.807, 2.05) is 6.07 Å². The lowest BCUT2D eigenvalue weighted by Crippen LogP contribution is -2.27. The summed E-state index contributed by atoms with van der Waals surface area (Å²) in [4.78, 5) is 0. The van der Waals surface area contributed by atoms with E-state index in [1.54, 1.807) is 0 Å². The molecule has 0 spiro atoms. The Morgan fingerprint density at radius 2 is 1.85 bits per heavy atom. The minimum absolute atomic E-state index is 0. The van der Waals surface area contributed by atoms with Crippen LogP contribution in [0.3, 0.4) is 0 Å². The van der Waals surface area contributed by atoms with Crippen LogP contribution in [0.4, 0.5) is 0 Å². The first-order chi connectivity index (χ1) is 5.88. The summed E-state index contributed by atoms with van der Waals surface area (Å²) in [6, 6.07) is 10.8. The second-order valence-electron chi connectivity index (χ2n) is 3.34. The van der Waals surface area contributed by atoms with Gasteiger partial charge in [0, 0.05) is 25.0 Å². The highest BCUT2D eigenvalue weighted by Crippen LogP contribution is 2.20. The summed E-state index contributed by atoms with van der Waals surface area (Å²) in [6.45, 7) is 1.96. The maximum Gasteiger partial charge on any atom is 0.0247 e. The third-order valence-corrected chi connectivity index (χ3v) is 2.49. The van der Waals surface area contributed by atoms with Crippen LogP contribution in [0.25, 0.3) is 0 Å². The molecule has 2 rings (SSSR count). The number of benzene rings is 1. The summed E-state index contributed by atoms with van der Waals surface area (Å²) in [5, 5.41) is 3.30. The van der Waals surface area contributed by atoms with E-state index in [0.717, 1.165) is 13.1 Å². The fourth-order valence-corrected chi connectivity index (χ4v) is 1.76. The van der Waals surface area contributed by atoms with Crippen LogP contribution < -0.4 is 11.1 Å². The second-order valence-corrected chi connectivity index (χ2v) is 3.34. The molecule has 0 saturated carbocycles. The Hall–Kier alpha value is -0.570. The normalized spacial score (nSPS) is 26.8. The SMILES string of the molecule is Cl.NC1CNCC1c1ccccc1. The van der Waals surface area contributed by atoms with Gasteiger partial charge >= 0.3 is 0 Å². The lowest BCUT2D eigenvalue weighted by molar-refractivity contribution is 0.653. The topological polar surface area (TPSA) is 38.0 Å². The van der Waals surface area contributed by atoms with Crippen LogP contribution in [0.15, 0.2) is 30.3 Å². The fraction of sp³-hybridized carbons (Fsp3) is 0.400. The molecule has 1 aliphatic rings. The molecule has 1 aromatic carbocycles. The standard InChI is InChI=1S/C10H14N2.ClH/c11-10-7-12-6-9(10)8-4-2-1-3-5-8;/h1-5,9-10,12H,6-7,11H2;1H. The molecule has 1 aliphatic heterocycles. The Bertz CT molecular complexity index is 250. The molecule has 0 radical (unpaired) electrons. The molecule has 1 heterocycles. The van der Waals surface area contributed by atoms with Crippen molar-refractivity contribution in [1.82, 2.24) is 5.32 Å². The van der Waals surface area contributed by atoms with Crippen LogP contribution >= 0.6 is 12.4 Å². The molecular weight excluding hydrogens is 184 g/mol. The number of nitrogens with two attached hydrogens (primary N) is 1. The minimum atomic E-state index is 0. The molecular formula is C10H15ClN2. The van der Waals surface area contributed by atoms with Crippen molar-refractivity contribution in [1.29, 1.82) is 0 Å². The molecule has 13 heavy (non-hydrogen) atoms. The van der Waals surface area contributed by atoms with Crippen LogP contribution in [0.2, 0.25) is 0 Å². The molecule has 0 aromatic heterocycles. The molecule has 1 aromatic rings. The van der Waals surface area contributed by atoms with Gasteiger partial charge in [-0.2, -0.15) is 0 Å². The number of hydrogen-bond donors (Lipinski definition) is 2. The van der Waals surface area contributed by atoms with E-state index in [-0.39, 0.29) is 18.4 Å². The average molecular weight is 199 g/mol. The smallest absolute Gasteiger partial charge is 0.0247 e. The Balaban J connectivity index is 0.000000845. The van der Waals surface area contributed by atoms with E-state index in [4.69, 9.17) is 5.73 Å². The number of halogens is 1. The van der Waals surface area contributed by atoms with Crippen molar-refractivity contribution in [2.24, 2.45) is 5.73 Å². The second kappa shape index (κ2) is 4.61. The van der Waals surface area contributed by atoms with Crippen LogP contribution in [0.5, 0.6) is 0 Å². The van der Waals surface area contributed by atoms with Gasteiger partial charge in [-0.15, -0.1) is 12.4 Å². The molecule has 2 nitrogen and oxygen atoms in total. The summed E-state index contributed by atoms with van der Waals surface area (Å²) >= 11 is 0. The van der Waals surface area contributed by atoms with Crippen molar-refractivity contribution < 1.29 is 0 Å². The Labute approximate surface area is 84.9 Å². The predicted molar refractivity (Wildman–Crippen MR) is 57.3 cm³/mol. The van der Waals surface area contributed by atoms with Gasteiger partial charge in [0.1, 0.15) is 0 Å². The molecule has 0 aliphatic carbocycles. The number of rotatable bonds is 1. The zero-order valence-corrected chi connectivity index (χ0v) is 8.26. The monoisotopic (exact) mass is 198 g/mol. The summed E-state index contributed by atoms with van der Waals surface area (Å²) in [5.74, 6) is 0.506. The van der Waals surface area contributed by atoms with Crippen molar-refractivity contribution >= 4 is 12.4 Å². The number of hydrogen-bond acceptors (Lipinski definition) is 2. The van der Waals surface area contributed by atoms with E-state index in [0.29, 0.717) is 5.92 Å². The van der Waals surface area contributed by atoms with Crippen LogP contribution in [-0.2, 0) is 0 Å². The Kier molecular flexibility index (Phi) is 3.72. The van der Waals surface area contributed by atoms with Gasteiger partial charge in [0.2, 0.25) is 0 Å². The summed E-state index contributed by atoms with van der Waals surface area (Å²) < 4.78 is 0. The molecule has 2 unspecified atom stereocenters. The zero-order chi connectivity index (χ0) is 8.39. The van der Waals surface area contributed by atoms with Crippen molar-refractivity contribution in [2.75, 3.05) is 13.1 Å². The van der Waals surface area contributed by atoms with Gasteiger partial charge in [0.15, 0.2) is 0 Å². The third kappa shape index (κ3) is 2.21. The van der Waals surface area contributed by atoms with E-state index >= 15 is 0 Å². The summed E-state index contributed by atoms with van der Waals surface area (Å²) in [5.41, 5.74) is 7.30. The van der Waals surface area contributed by atoms with Gasteiger partial charge in [-0.3, -0.25) is 0 Å². The quantitative estimate of drug-likeness (QED) is 0.710. The first-order valence-corrected chi connectivity index (χ1v) is 4.39. The molecule has 3 N–H and O–H groups in total. The van der Waals surface area contributed by atoms with Crippen molar-refractivity contribution in [3.8, 4) is 0 Å². The van der Waals surface area contributed by atoms with Gasteiger partial charge in [-0.1, -0.05) is 30.3 Å². The van der Waals surface area contributed by atoms with Gasteiger partial charge in [-0.25, -0.2) is 0 Å². The molecule has 72 valence electrons. The van der Waals surface area contributed by atoms with Gasteiger partial charge in [-0.05, 0) is 5.56 Å². The van der Waals surface area contributed by atoms with E-state index in [9.17, 15) is 0 Å². The molecule has 3 heteroatoms. The van der Waals surface area contributed by atoms with Crippen molar-refractivity contribution in [3.63, 3.8) is 0 Å². The molecule has 0 bridgehead atoms. The van der Waals surface area contributed by atoms with Crippen LogP contribution in [-0.4, -0.2) is 19.1 Å². The van der Waals surface area contributed by atoms with E-state index in [2.05, 4.69) is 29.6 Å². The van der Waals surface area contributed by atoms with E-state index < -0.39 is 0 Å². The summed E-state index contributed by atoms with van der Waals surface area (Å²) in [7, 11) is 0. The average Bonchev–Trinajstić information content (AvgIpc) is 2.53. The van der Waals surface area contributed by atoms with Gasteiger partial charge in [0.25, 0.3) is 0 Å². The lowest BCUT2D eigenvalue weighted by Gasteiger charge is -2.13. The largest absolute Gasteiger partial charge is 0.326 e. The maximum absolute atomic E-state index is 5.95. The highest BCUT2D eigenvalue weighted by atomic mass is 35.5. The summed E-state index contributed by atoms with van der Waals surface area (Å²) in [6.07, 6.45) is 0. The predicted octanol–water partition coefficient (Wildman–Crippen LogP) is 1.12. The van der Waals surface area contributed by atoms with E-state index in [1.165, 1.54) is 5.56 Å². The third-order valence-electron chi connectivity index (χ3n) is 2.49. The first-order valence-electron chi connectivity index (χ1n) is 4.39. The van der Waals surface area contributed by atoms with Gasteiger partial charge in [0.05, 0.1) is 0 Å². The molecule has 2 atom stereocenters. The minimum Gasteiger partial charge on any atom is -0.326 e. The fourth-order valence-electron chi connectivity index (χ4n) is 1.76. The molecule has 1 fully saturated rings. The van der Waals surface area contributed by atoms with Crippen molar-refractivity contribution in [3.05, 3.63) is 35.9 Å². The zero-order valence-electron chi connectivity index (χ0n) is 7.44. The maximum atomic E-state index is 5.95. The highest BCUT2D eigenvalue weighted by molar-refractivity contribution is 5.85. The molecule has 0 amide bonds. The van der Waals surface area contributed by atoms with Crippen molar-refractivity contribution in [2.45, 2.75) is 12.0 Å². The van der Waals surface area contributed by atoms with Gasteiger partial charge < -0.3 is 11.1 Å². The van der Waals surface area contributed by atoms with Crippen LogP contribution in [0, 0.1) is 0 Å². The first kappa shape index (κ1) is 10.5. The highest BCUT2D eigenvalue weighted by Gasteiger charge is 2.24.